The molecule has 0 aromatic heterocycles. The highest BCUT2D eigenvalue weighted by Gasteiger charge is 2.05. The third kappa shape index (κ3) is 32.1. The lowest BCUT2D eigenvalue weighted by Gasteiger charge is -2.22. The lowest BCUT2D eigenvalue weighted by atomic mass is 10.0. The Morgan fingerprint density at radius 3 is 0.676 bits per heavy atom. The van der Waals surface area contributed by atoms with Crippen LogP contribution in [0.5, 0.6) is 0 Å². The lowest BCUT2D eigenvalue weighted by Crippen LogP contribution is -2.27. The molecule has 0 N–H and O–H groups in total. The van der Waals surface area contributed by atoms with Crippen molar-refractivity contribution in [3.63, 3.8) is 0 Å². The van der Waals surface area contributed by atoms with E-state index < -0.39 is 0 Å². The summed E-state index contributed by atoms with van der Waals surface area (Å²) in [6, 6.07) is 0. The highest BCUT2D eigenvalue weighted by atomic mass is 15.1. The van der Waals surface area contributed by atoms with E-state index in [1.807, 2.05) is 0 Å². The first kappa shape index (κ1) is 37.0. The van der Waals surface area contributed by atoms with E-state index in [-0.39, 0.29) is 0 Å². The van der Waals surface area contributed by atoms with Gasteiger partial charge in [-0.25, -0.2) is 0 Å². The van der Waals surface area contributed by atoms with Crippen molar-refractivity contribution < 1.29 is 0 Å². The fourth-order valence-corrected chi connectivity index (χ4v) is 5.65. The molecule has 0 amide bonds. The molecule has 1 heteroatoms. The summed E-state index contributed by atoms with van der Waals surface area (Å²) in [5.74, 6) is 2.65. The van der Waals surface area contributed by atoms with Gasteiger partial charge in [-0.2, -0.15) is 0 Å². The molecule has 0 aromatic rings. The molecule has 0 saturated heterocycles. The molecule has 0 radical (unpaired) electrons. The summed E-state index contributed by atoms with van der Waals surface area (Å²) in [6.45, 7) is 18.2. The minimum Gasteiger partial charge on any atom is -0.303 e. The zero-order chi connectivity index (χ0) is 27.4. The molecule has 0 heterocycles. The van der Waals surface area contributed by atoms with Crippen molar-refractivity contribution in [1.82, 2.24) is 4.90 Å². The zero-order valence-corrected chi connectivity index (χ0v) is 27.3. The van der Waals surface area contributed by atoms with Gasteiger partial charge in [0.05, 0.1) is 0 Å². The molecule has 0 saturated carbocycles. The van der Waals surface area contributed by atoms with Gasteiger partial charge in [-0.1, -0.05) is 176 Å². The molecule has 37 heavy (non-hydrogen) atoms. The van der Waals surface area contributed by atoms with E-state index in [0.29, 0.717) is 0 Å². The van der Waals surface area contributed by atoms with Crippen molar-refractivity contribution in [3.05, 3.63) is 0 Å². The van der Waals surface area contributed by atoms with Crippen LogP contribution in [0.15, 0.2) is 0 Å². The van der Waals surface area contributed by atoms with E-state index in [9.17, 15) is 0 Å². The average Bonchev–Trinajstić information content (AvgIpc) is 2.84. The average molecular weight is 522 g/mol. The van der Waals surface area contributed by atoms with Crippen LogP contribution >= 0.6 is 0 Å². The Morgan fingerprint density at radius 2 is 0.459 bits per heavy atom. The quantitative estimate of drug-likeness (QED) is 0.0849. The van der Waals surface area contributed by atoms with E-state index in [1.54, 1.807) is 0 Å². The van der Waals surface area contributed by atoms with E-state index in [1.165, 1.54) is 174 Å². The molecule has 0 fully saturated rings. The summed E-state index contributed by atoms with van der Waals surface area (Å²) in [5, 5.41) is 0. The number of unbranched alkanes of at least 4 members (excludes halogenated alkanes) is 18. The first-order valence-electron chi connectivity index (χ1n) is 17.6. The van der Waals surface area contributed by atoms with Crippen LogP contribution in [-0.2, 0) is 0 Å². The molecule has 0 rings (SSSR count). The summed E-state index contributed by atoms with van der Waals surface area (Å²) < 4.78 is 0. The van der Waals surface area contributed by atoms with E-state index >= 15 is 0 Å². The fraction of sp³-hybridized carbons (Fsp3) is 1.00. The Hall–Kier alpha value is -0.0400. The maximum atomic E-state index is 2.84. The highest BCUT2D eigenvalue weighted by molar-refractivity contribution is 4.61. The second-order valence-corrected chi connectivity index (χ2v) is 13.8. The second kappa shape index (κ2) is 29.0. The summed E-state index contributed by atoms with van der Waals surface area (Å²) in [6.07, 6.45) is 34.8. The Labute approximate surface area is 237 Å². The van der Waals surface area contributed by atoms with E-state index in [2.05, 4.69) is 46.4 Å². The van der Waals surface area contributed by atoms with Crippen molar-refractivity contribution in [1.29, 1.82) is 0 Å². The zero-order valence-electron chi connectivity index (χ0n) is 27.3. The minimum absolute atomic E-state index is 0.885. The summed E-state index contributed by atoms with van der Waals surface area (Å²) in [4.78, 5) is 2.84. The van der Waals surface area contributed by atoms with Gasteiger partial charge in [0, 0.05) is 0 Å². The van der Waals surface area contributed by atoms with Crippen LogP contribution in [-0.4, -0.2) is 24.5 Å². The molecule has 0 aliphatic carbocycles. The third-order valence-electron chi connectivity index (χ3n) is 8.27. The molecular weight excluding hydrogens is 446 g/mol. The summed E-state index contributed by atoms with van der Waals surface area (Å²) in [7, 11) is 0. The fourth-order valence-electron chi connectivity index (χ4n) is 5.65. The Balaban J connectivity index is 3.92. The van der Waals surface area contributed by atoms with Crippen molar-refractivity contribution in [2.75, 3.05) is 19.6 Å². The van der Waals surface area contributed by atoms with Crippen LogP contribution in [0.2, 0.25) is 0 Å². The van der Waals surface area contributed by atoms with Crippen LogP contribution in [0.1, 0.15) is 196 Å². The van der Waals surface area contributed by atoms with E-state index in [0.717, 1.165) is 17.8 Å². The maximum absolute atomic E-state index is 2.84. The van der Waals surface area contributed by atoms with Gasteiger partial charge in [-0.3, -0.25) is 0 Å². The van der Waals surface area contributed by atoms with Crippen molar-refractivity contribution in [2.45, 2.75) is 196 Å². The smallest absolute Gasteiger partial charge is 0.00187 e. The van der Waals surface area contributed by atoms with Crippen molar-refractivity contribution in [2.24, 2.45) is 17.8 Å². The molecular formula is C36H75N. The summed E-state index contributed by atoms with van der Waals surface area (Å²) >= 11 is 0. The monoisotopic (exact) mass is 522 g/mol. The number of nitrogens with zero attached hydrogens (tertiary/aromatic N) is 1. The molecule has 0 aliphatic heterocycles. The van der Waals surface area contributed by atoms with Gasteiger partial charge < -0.3 is 4.90 Å². The molecule has 0 atom stereocenters. The maximum Gasteiger partial charge on any atom is -0.00187 e. The van der Waals surface area contributed by atoms with Crippen LogP contribution in [0.25, 0.3) is 0 Å². The molecule has 0 bridgehead atoms. The summed E-state index contributed by atoms with van der Waals surface area (Å²) in [5.41, 5.74) is 0. The molecule has 1 nitrogen and oxygen atoms in total. The standard InChI is InChI=1S/C36H75N/c1-34(2)28-22-16-10-7-13-19-25-31-37(32-26-20-14-8-11-17-23-29-35(3)4)33-27-21-15-9-12-18-24-30-36(5)6/h34-36H,7-33H2,1-6H3. The van der Waals surface area contributed by atoms with Gasteiger partial charge in [0.25, 0.3) is 0 Å². The predicted octanol–water partition coefficient (Wildman–Crippen LogP) is 12.6. The minimum atomic E-state index is 0.885. The van der Waals surface area contributed by atoms with Gasteiger partial charge in [0.15, 0.2) is 0 Å². The van der Waals surface area contributed by atoms with Crippen LogP contribution in [0.4, 0.5) is 0 Å². The van der Waals surface area contributed by atoms with Gasteiger partial charge in [0.1, 0.15) is 0 Å². The normalized spacial score (nSPS) is 12.2. The van der Waals surface area contributed by atoms with Crippen molar-refractivity contribution >= 4 is 0 Å². The Kier molecular flexibility index (Phi) is 28.9. The van der Waals surface area contributed by atoms with Crippen molar-refractivity contribution in [3.8, 4) is 0 Å². The molecule has 0 spiro atoms. The van der Waals surface area contributed by atoms with Crippen LogP contribution in [0, 0.1) is 17.8 Å². The Morgan fingerprint density at radius 1 is 0.270 bits per heavy atom. The van der Waals surface area contributed by atoms with Gasteiger partial charge in [0.2, 0.25) is 0 Å². The first-order valence-corrected chi connectivity index (χ1v) is 17.6. The largest absolute Gasteiger partial charge is 0.303 e. The van der Waals surface area contributed by atoms with Gasteiger partial charge in [-0.05, 0) is 56.7 Å². The Bertz CT molecular complexity index is 351. The first-order chi connectivity index (χ1) is 17.9. The van der Waals surface area contributed by atoms with Gasteiger partial charge >= 0.3 is 0 Å². The third-order valence-corrected chi connectivity index (χ3v) is 8.27. The molecule has 0 aromatic carbocycles. The lowest BCUT2D eigenvalue weighted by molar-refractivity contribution is 0.254. The SMILES string of the molecule is CC(C)CCCCCCCCCN(CCCCCCCCCC(C)C)CCCCCCCCCC(C)C. The topological polar surface area (TPSA) is 3.24 Å². The predicted molar refractivity (Wildman–Crippen MR) is 172 cm³/mol. The van der Waals surface area contributed by atoms with Crippen LogP contribution in [0.3, 0.4) is 0 Å². The molecule has 0 unspecified atom stereocenters. The van der Waals surface area contributed by atoms with Crippen LogP contribution < -0.4 is 0 Å². The number of rotatable bonds is 30. The second-order valence-electron chi connectivity index (χ2n) is 13.8. The number of hydrogen-bond acceptors (Lipinski definition) is 1. The highest BCUT2D eigenvalue weighted by Crippen LogP contribution is 2.15. The van der Waals surface area contributed by atoms with Gasteiger partial charge in [-0.15, -0.1) is 0 Å². The molecule has 0 aliphatic rings. The molecule has 224 valence electrons. The number of hydrogen-bond donors (Lipinski definition) is 0. The van der Waals surface area contributed by atoms with E-state index in [4.69, 9.17) is 0 Å².